The van der Waals surface area contributed by atoms with Crippen molar-refractivity contribution in [3.63, 3.8) is 0 Å². The topological polar surface area (TPSA) is 137 Å². The number of carbonyl (C=O) groups excluding carboxylic acids is 1. The van der Waals surface area contributed by atoms with Crippen molar-refractivity contribution in [1.29, 1.82) is 5.26 Å². The molecule has 14 heteroatoms. The number of hydrogen-bond acceptors (Lipinski definition) is 11. The summed E-state index contributed by atoms with van der Waals surface area (Å²) in [4.78, 5) is 29.9. The molecular weight excluding hydrogens is 604 g/mol. The first-order valence-corrected chi connectivity index (χ1v) is 15.3. The number of nitrogens with one attached hydrogen (secondary N) is 1. The van der Waals surface area contributed by atoms with Crippen LogP contribution in [0.5, 0.6) is 0 Å². The van der Waals surface area contributed by atoms with Crippen molar-refractivity contribution in [2.24, 2.45) is 0 Å². The highest BCUT2D eigenvalue weighted by molar-refractivity contribution is 7.23. The van der Waals surface area contributed by atoms with E-state index in [1.165, 1.54) is 0 Å². The molecule has 2 aliphatic rings. The molecule has 0 unspecified atom stereocenters. The van der Waals surface area contributed by atoms with E-state index >= 15 is 8.78 Å². The number of carbonyl (C=O) groups is 1. The van der Waals surface area contributed by atoms with Crippen molar-refractivity contribution in [1.82, 2.24) is 19.9 Å². The number of thiophene rings is 1. The van der Waals surface area contributed by atoms with E-state index in [1.807, 2.05) is 31.9 Å². The lowest BCUT2D eigenvalue weighted by Gasteiger charge is -2.29. The Kier molecular flexibility index (Phi) is 7.85. The second-order valence-electron chi connectivity index (χ2n) is 12.6. The molecule has 4 aromatic rings. The zero-order chi connectivity index (χ0) is 32.4. The Hall–Kier alpha value is -4.03. The minimum absolute atomic E-state index is 0.0227. The van der Waals surface area contributed by atoms with Gasteiger partial charge in [-0.05, 0) is 52.8 Å². The number of aliphatic hydroxyl groups excluding tert-OH is 1. The molecule has 0 aliphatic carbocycles. The number of aromatic nitrogens is 3. The van der Waals surface area contributed by atoms with E-state index in [4.69, 9.17) is 9.47 Å². The Morgan fingerprint density at radius 3 is 2.67 bits per heavy atom. The number of hydrogen-bond donors (Lipinski definition) is 2. The highest BCUT2D eigenvalue weighted by Gasteiger charge is 2.37. The van der Waals surface area contributed by atoms with E-state index in [-0.39, 0.29) is 75.2 Å². The molecule has 0 bridgehead atoms. The van der Waals surface area contributed by atoms with Crippen molar-refractivity contribution in [3.05, 3.63) is 40.7 Å². The van der Waals surface area contributed by atoms with Crippen LogP contribution in [0.3, 0.4) is 0 Å². The third kappa shape index (κ3) is 5.43. The van der Waals surface area contributed by atoms with Crippen LogP contribution < -0.4 is 10.2 Å². The minimum atomic E-state index is -0.815. The van der Waals surface area contributed by atoms with Gasteiger partial charge in [0.25, 0.3) is 0 Å². The number of β-amino-alcohol motifs (C(OH)–C–C–N with tert-alkyl or cyclic N) is 1. The second-order valence-corrected chi connectivity index (χ2v) is 13.6. The molecule has 2 N–H and O–H groups in total. The van der Waals surface area contributed by atoms with E-state index < -0.39 is 29.4 Å². The van der Waals surface area contributed by atoms with Gasteiger partial charge in [-0.3, -0.25) is 15.2 Å². The predicted molar refractivity (Wildman–Crippen MR) is 166 cm³/mol. The van der Waals surface area contributed by atoms with Crippen LogP contribution in [0.15, 0.2) is 12.4 Å². The monoisotopic (exact) mass is 637 g/mol. The fourth-order valence-corrected chi connectivity index (χ4v) is 6.91. The SMILES string of the molecule is CC(C)N(C)[C@@H]1CN(c2ncc3c4c(c(-c5ncc(F)c6sc(NC(=O)OC(C)(C)C)c(C#N)c56)c(F)c3n2)COC4)C[C@H]1O. The lowest BCUT2D eigenvalue weighted by Crippen LogP contribution is -2.44. The minimum Gasteiger partial charge on any atom is -0.444 e. The van der Waals surface area contributed by atoms with Crippen molar-refractivity contribution in [2.45, 2.75) is 71.6 Å². The van der Waals surface area contributed by atoms with Crippen LogP contribution in [0.2, 0.25) is 0 Å². The zero-order valence-corrected chi connectivity index (χ0v) is 26.6. The third-order valence-electron chi connectivity index (χ3n) is 8.20. The number of rotatable bonds is 5. The average Bonchev–Trinajstić information content (AvgIpc) is 3.70. The van der Waals surface area contributed by atoms with Gasteiger partial charge in [0.1, 0.15) is 22.2 Å². The van der Waals surface area contributed by atoms with Crippen LogP contribution in [0.1, 0.15) is 51.3 Å². The standard InChI is InChI=1S/C31H33F2N7O4S/c1-14(2)39(6)20-10-40(11-21(20)41)29-36-8-16-17-12-43-13-18(17)22(24(33)25(16)37-29)26-23-15(7-34)28(38-30(42)44-31(3,4)5)45-27(23)19(32)9-35-26/h8-9,14,20-21,41H,10-13H2,1-6H3,(H,38,42)/t20-,21-/m1/s1. The van der Waals surface area contributed by atoms with Gasteiger partial charge in [0.15, 0.2) is 11.6 Å². The number of benzene rings is 1. The summed E-state index contributed by atoms with van der Waals surface area (Å²) in [6.07, 6.45) is 1.07. The van der Waals surface area contributed by atoms with Crippen LogP contribution in [0.4, 0.5) is 24.5 Å². The number of pyridine rings is 1. The molecule has 1 amide bonds. The van der Waals surface area contributed by atoms with Crippen molar-refractivity contribution >= 4 is 49.4 Å². The molecule has 1 aromatic carbocycles. The maximum absolute atomic E-state index is 16.8. The Bertz CT molecular complexity index is 1880. The van der Waals surface area contributed by atoms with E-state index in [0.717, 1.165) is 17.5 Å². The highest BCUT2D eigenvalue weighted by Crippen LogP contribution is 2.46. The fraction of sp³-hybridized carbons (Fsp3) is 0.452. The molecule has 11 nitrogen and oxygen atoms in total. The zero-order valence-electron chi connectivity index (χ0n) is 25.7. The number of aliphatic hydroxyl groups is 1. The summed E-state index contributed by atoms with van der Waals surface area (Å²) < 4.78 is 43.1. The molecule has 1 fully saturated rings. The summed E-state index contributed by atoms with van der Waals surface area (Å²) in [6.45, 7) is 10.2. The first-order chi connectivity index (χ1) is 21.3. The van der Waals surface area contributed by atoms with Gasteiger partial charge in [0.05, 0.1) is 47.5 Å². The number of likely N-dealkylation sites (N-methyl/N-ethyl adjacent to an activating group) is 1. The smallest absolute Gasteiger partial charge is 0.412 e. The molecule has 5 heterocycles. The van der Waals surface area contributed by atoms with E-state index in [0.29, 0.717) is 23.1 Å². The average molecular weight is 638 g/mol. The predicted octanol–water partition coefficient (Wildman–Crippen LogP) is 5.32. The van der Waals surface area contributed by atoms with Gasteiger partial charge in [-0.2, -0.15) is 5.26 Å². The molecule has 0 spiro atoms. The Balaban J connectivity index is 1.50. The second kappa shape index (κ2) is 11.4. The van der Waals surface area contributed by atoms with Crippen molar-refractivity contribution < 1.29 is 28.2 Å². The summed E-state index contributed by atoms with van der Waals surface area (Å²) in [5.41, 5.74) is 0.406. The van der Waals surface area contributed by atoms with E-state index in [2.05, 4.69) is 25.2 Å². The Morgan fingerprint density at radius 2 is 1.98 bits per heavy atom. The number of ether oxygens (including phenoxy) is 2. The van der Waals surface area contributed by atoms with Crippen molar-refractivity contribution in [3.8, 4) is 17.3 Å². The van der Waals surface area contributed by atoms with Gasteiger partial charge in [-0.15, -0.1) is 11.3 Å². The number of amides is 1. The summed E-state index contributed by atoms with van der Waals surface area (Å²) in [5, 5.41) is 24.1. The quantitative estimate of drug-likeness (QED) is 0.296. The van der Waals surface area contributed by atoms with Gasteiger partial charge in [-0.1, -0.05) is 0 Å². The third-order valence-corrected chi connectivity index (χ3v) is 9.31. The molecule has 2 atom stereocenters. The summed E-state index contributed by atoms with van der Waals surface area (Å²) in [6, 6.07) is 2.10. The molecule has 236 valence electrons. The number of anilines is 2. The van der Waals surface area contributed by atoms with Crippen LogP contribution in [0.25, 0.3) is 32.2 Å². The summed E-state index contributed by atoms with van der Waals surface area (Å²) in [5.74, 6) is -1.18. The molecular formula is C31H33F2N7O4S. The molecule has 1 saturated heterocycles. The van der Waals surface area contributed by atoms with Crippen molar-refractivity contribution in [2.75, 3.05) is 30.4 Å². The number of halogens is 2. The largest absolute Gasteiger partial charge is 0.444 e. The normalized spacial score (nSPS) is 18.3. The Morgan fingerprint density at radius 1 is 1.24 bits per heavy atom. The number of fused-ring (bicyclic) bond motifs is 4. The van der Waals surface area contributed by atoms with Gasteiger partial charge in [-0.25, -0.2) is 23.5 Å². The number of nitriles is 1. The Labute approximate surface area is 262 Å². The van der Waals surface area contributed by atoms with Gasteiger partial charge in [0.2, 0.25) is 5.95 Å². The van der Waals surface area contributed by atoms with Gasteiger partial charge in [0, 0.05) is 41.7 Å². The molecule has 2 aliphatic heterocycles. The van der Waals surface area contributed by atoms with Crippen LogP contribution in [-0.4, -0.2) is 75.0 Å². The number of nitrogens with zero attached hydrogens (tertiary/aromatic N) is 6. The molecule has 45 heavy (non-hydrogen) atoms. The molecule has 3 aromatic heterocycles. The lowest BCUT2D eigenvalue weighted by molar-refractivity contribution is 0.0636. The van der Waals surface area contributed by atoms with Crippen LogP contribution in [-0.2, 0) is 22.7 Å². The van der Waals surface area contributed by atoms with Gasteiger partial charge < -0.3 is 19.5 Å². The van der Waals surface area contributed by atoms with E-state index in [9.17, 15) is 15.2 Å². The van der Waals surface area contributed by atoms with Crippen LogP contribution >= 0.6 is 11.3 Å². The first kappa shape index (κ1) is 31.0. The van der Waals surface area contributed by atoms with Crippen LogP contribution in [0, 0.1) is 23.0 Å². The maximum atomic E-state index is 16.8. The molecule has 6 rings (SSSR count). The van der Waals surface area contributed by atoms with Gasteiger partial charge >= 0.3 is 6.09 Å². The fourth-order valence-electron chi connectivity index (χ4n) is 5.87. The summed E-state index contributed by atoms with van der Waals surface area (Å²) in [7, 11) is 1.95. The summed E-state index contributed by atoms with van der Waals surface area (Å²) >= 11 is 0.842. The maximum Gasteiger partial charge on any atom is 0.412 e. The lowest BCUT2D eigenvalue weighted by atomic mass is 9.94. The molecule has 0 radical (unpaired) electrons. The first-order valence-electron chi connectivity index (χ1n) is 14.5. The van der Waals surface area contributed by atoms with E-state index in [1.54, 1.807) is 27.0 Å². The molecule has 0 saturated carbocycles. The highest BCUT2D eigenvalue weighted by atomic mass is 32.1.